The number of halogens is 1. The van der Waals surface area contributed by atoms with Gasteiger partial charge in [0.05, 0.1) is 10.6 Å². The van der Waals surface area contributed by atoms with Crippen LogP contribution in [0.3, 0.4) is 0 Å². The van der Waals surface area contributed by atoms with Gasteiger partial charge in [-0.25, -0.2) is 12.8 Å². The number of pyridine rings is 1. The molecule has 8 heteroatoms. The number of nitrogens with zero attached hydrogens (tertiary/aromatic N) is 2. The number of aromatic nitrogens is 2. The largest absolute Gasteiger partial charge is 0.337 e. The molecule has 152 valence electrons. The van der Waals surface area contributed by atoms with E-state index < -0.39 is 15.7 Å². The topological polar surface area (TPSA) is 81.1 Å². The summed E-state index contributed by atoms with van der Waals surface area (Å²) in [5, 5.41) is 3.30. The SMILES string of the molecule is O=C(Cn1cc(S(=O)(=O)Cc2ccc(F)cc2)c2ccccc21)Nc1ccncc1. The zero-order valence-corrected chi connectivity index (χ0v) is 16.6. The first-order chi connectivity index (χ1) is 14.4. The molecule has 0 radical (unpaired) electrons. The van der Waals surface area contributed by atoms with Crippen LogP contribution in [0.25, 0.3) is 10.9 Å². The molecule has 0 saturated carbocycles. The maximum absolute atomic E-state index is 13.1. The van der Waals surface area contributed by atoms with Crippen molar-refractivity contribution in [3.63, 3.8) is 0 Å². The molecular weight excluding hydrogens is 405 g/mol. The molecule has 0 fully saturated rings. The van der Waals surface area contributed by atoms with Gasteiger partial charge in [-0.15, -0.1) is 0 Å². The summed E-state index contributed by atoms with van der Waals surface area (Å²) < 4.78 is 40.9. The predicted molar refractivity (Wildman–Crippen MR) is 112 cm³/mol. The van der Waals surface area contributed by atoms with E-state index in [1.165, 1.54) is 30.5 Å². The van der Waals surface area contributed by atoms with Crippen molar-refractivity contribution in [2.75, 3.05) is 5.32 Å². The molecule has 2 heterocycles. The molecular formula is C22H18FN3O3S. The van der Waals surface area contributed by atoms with Gasteiger partial charge in [0.25, 0.3) is 0 Å². The maximum atomic E-state index is 13.1. The van der Waals surface area contributed by atoms with Gasteiger partial charge in [0.2, 0.25) is 5.91 Å². The van der Waals surface area contributed by atoms with E-state index in [-0.39, 0.29) is 23.1 Å². The van der Waals surface area contributed by atoms with Gasteiger partial charge < -0.3 is 9.88 Å². The molecule has 0 saturated heterocycles. The summed E-state index contributed by atoms with van der Waals surface area (Å²) in [6, 6.07) is 15.7. The van der Waals surface area contributed by atoms with E-state index >= 15 is 0 Å². The molecule has 2 aromatic carbocycles. The van der Waals surface area contributed by atoms with E-state index in [0.29, 0.717) is 22.2 Å². The van der Waals surface area contributed by atoms with Crippen molar-refractivity contribution in [2.45, 2.75) is 17.2 Å². The highest BCUT2D eigenvalue weighted by atomic mass is 32.2. The number of hydrogen-bond donors (Lipinski definition) is 1. The van der Waals surface area contributed by atoms with E-state index in [2.05, 4.69) is 10.3 Å². The van der Waals surface area contributed by atoms with Crippen LogP contribution in [0.15, 0.2) is 84.1 Å². The van der Waals surface area contributed by atoms with Gasteiger partial charge in [0.15, 0.2) is 9.84 Å². The van der Waals surface area contributed by atoms with Gasteiger partial charge in [0.1, 0.15) is 12.4 Å². The van der Waals surface area contributed by atoms with Crippen LogP contribution >= 0.6 is 0 Å². The smallest absolute Gasteiger partial charge is 0.244 e. The lowest BCUT2D eigenvalue weighted by molar-refractivity contribution is -0.116. The molecule has 1 amide bonds. The number of amides is 1. The Morgan fingerprint density at radius 2 is 1.70 bits per heavy atom. The van der Waals surface area contributed by atoms with Crippen LogP contribution < -0.4 is 5.32 Å². The van der Waals surface area contributed by atoms with Gasteiger partial charge in [0, 0.05) is 35.2 Å². The zero-order valence-electron chi connectivity index (χ0n) is 15.8. The number of carbonyl (C=O) groups excluding carboxylic acids is 1. The number of sulfone groups is 1. The van der Waals surface area contributed by atoms with E-state index in [1.807, 2.05) is 0 Å². The molecule has 6 nitrogen and oxygen atoms in total. The Morgan fingerprint density at radius 3 is 2.43 bits per heavy atom. The van der Waals surface area contributed by atoms with Crippen LogP contribution in [0.5, 0.6) is 0 Å². The van der Waals surface area contributed by atoms with Gasteiger partial charge >= 0.3 is 0 Å². The Kier molecular flexibility index (Phi) is 5.33. The molecule has 4 rings (SSSR count). The molecule has 0 bridgehead atoms. The van der Waals surface area contributed by atoms with Gasteiger partial charge in [-0.05, 0) is 35.9 Å². The van der Waals surface area contributed by atoms with Crippen molar-refractivity contribution in [3.8, 4) is 0 Å². The number of hydrogen-bond acceptors (Lipinski definition) is 4. The first-order valence-corrected chi connectivity index (χ1v) is 10.8. The van der Waals surface area contributed by atoms with E-state index in [9.17, 15) is 17.6 Å². The van der Waals surface area contributed by atoms with Gasteiger partial charge in [-0.3, -0.25) is 9.78 Å². The van der Waals surface area contributed by atoms with Crippen LogP contribution in [0, 0.1) is 5.82 Å². The number of para-hydroxylation sites is 1. The monoisotopic (exact) mass is 423 g/mol. The van der Waals surface area contributed by atoms with Crippen LogP contribution in [0.2, 0.25) is 0 Å². The average Bonchev–Trinajstić information content (AvgIpc) is 3.10. The van der Waals surface area contributed by atoms with Crippen LogP contribution in [0.1, 0.15) is 5.56 Å². The zero-order chi connectivity index (χ0) is 21.1. The Balaban J connectivity index is 1.65. The molecule has 0 unspecified atom stereocenters. The van der Waals surface area contributed by atoms with E-state index in [4.69, 9.17) is 0 Å². The second-order valence-electron chi connectivity index (χ2n) is 6.81. The normalized spacial score (nSPS) is 11.5. The van der Waals surface area contributed by atoms with Crippen molar-refractivity contribution in [1.82, 2.24) is 9.55 Å². The van der Waals surface area contributed by atoms with Gasteiger partial charge in [-0.1, -0.05) is 30.3 Å². The number of carbonyl (C=O) groups is 1. The van der Waals surface area contributed by atoms with Crippen molar-refractivity contribution in [3.05, 3.63) is 90.6 Å². The van der Waals surface area contributed by atoms with Crippen molar-refractivity contribution >= 4 is 32.3 Å². The molecule has 0 aliphatic rings. The molecule has 0 aliphatic heterocycles. The molecule has 0 atom stereocenters. The summed E-state index contributed by atoms with van der Waals surface area (Å²) in [4.78, 5) is 16.5. The fraction of sp³-hybridized carbons (Fsp3) is 0.0909. The minimum absolute atomic E-state index is 0.0467. The molecule has 1 N–H and O–H groups in total. The second-order valence-corrected chi connectivity index (χ2v) is 8.77. The Morgan fingerprint density at radius 1 is 1.00 bits per heavy atom. The standard InChI is InChI=1S/C22H18FN3O3S/c23-17-7-5-16(6-8-17)15-30(28,29)21-13-26(20-4-2-1-3-19(20)21)14-22(27)25-18-9-11-24-12-10-18/h1-13H,14-15H2,(H,24,25,27). The van der Waals surface area contributed by atoms with E-state index in [1.54, 1.807) is 53.4 Å². The lowest BCUT2D eigenvalue weighted by Crippen LogP contribution is -2.18. The number of fused-ring (bicyclic) bond motifs is 1. The highest BCUT2D eigenvalue weighted by Gasteiger charge is 2.22. The fourth-order valence-electron chi connectivity index (χ4n) is 3.26. The first kappa shape index (κ1) is 19.8. The number of anilines is 1. The number of nitrogens with one attached hydrogen (secondary N) is 1. The highest BCUT2D eigenvalue weighted by molar-refractivity contribution is 7.90. The molecule has 0 aliphatic carbocycles. The number of benzene rings is 2. The average molecular weight is 423 g/mol. The molecule has 4 aromatic rings. The Hall–Kier alpha value is -3.52. The Bertz CT molecular complexity index is 1300. The highest BCUT2D eigenvalue weighted by Crippen LogP contribution is 2.28. The van der Waals surface area contributed by atoms with Crippen molar-refractivity contribution in [2.24, 2.45) is 0 Å². The molecule has 2 aromatic heterocycles. The summed E-state index contributed by atoms with van der Waals surface area (Å²) in [6.07, 6.45) is 4.62. The van der Waals surface area contributed by atoms with Crippen molar-refractivity contribution in [1.29, 1.82) is 0 Å². The minimum Gasteiger partial charge on any atom is -0.337 e. The first-order valence-electron chi connectivity index (χ1n) is 9.17. The minimum atomic E-state index is -3.71. The van der Waals surface area contributed by atoms with E-state index in [0.717, 1.165) is 0 Å². The number of rotatable bonds is 6. The third kappa shape index (κ3) is 4.23. The van der Waals surface area contributed by atoms with Crippen LogP contribution in [-0.4, -0.2) is 23.9 Å². The summed E-state index contributed by atoms with van der Waals surface area (Å²) >= 11 is 0. The van der Waals surface area contributed by atoms with Crippen molar-refractivity contribution < 1.29 is 17.6 Å². The lowest BCUT2D eigenvalue weighted by atomic mass is 10.2. The summed E-state index contributed by atoms with van der Waals surface area (Å²) in [5.74, 6) is -0.970. The second kappa shape index (κ2) is 8.08. The van der Waals surface area contributed by atoms with Gasteiger partial charge in [-0.2, -0.15) is 0 Å². The third-order valence-corrected chi connectivity index (χ3v) is 6.34. The van der Waals surface area contributed by atoms with Crippen LogP contribution in [0.4, 0.5) is 10.1 Å². The maximum Gasteiger partial charge on any atom is 0.244 e. The summed E-state index contributed by atoms with van der Waals surface area (Å²) in [7, 11) is -3.71. The Labute approximate surface area is 172 Å². The molecule has 0 spiro atoms. The predicted octanol–water partition coefficient (Wildman–Crippen LogP) is 3.79. The summed E-state index contributed by atoms with van der Waals surface area (Å²) in [5.41, 5.74) is 1.74. The quantitative estimate of drug-likeness (QED) is 0.512. The van der Waals surface area contributed by atoms with Crippen LogP contribution in [-0.2, 0) is 26.9 Å². The molecule has 30 heavy (non-hydrogen) atoms. The third-order valence-electron chi connectivity index (χ3n) is 4.64. The fourth-order valence-corrected chi connectivity index (χ4v) is 4.84. The lowest BCUT2D eigenvalue weighted by Gasteiger charge is -2.07. The summed E-state index contributed by atoms with van der Waals surface area (Å²) in [6.45, 7) is -0.0467.